The van der Waals surface area contributed by atoms with Gasteiger partial charge in [0.15, 0.2) is 0 Å². The minimum Gasteiger partial charge on any atom is -0.375 e. The summed E-state index contributed by atoms with van der Waals surface area (Å²) in [6, 6.07) is 0. The Morgan fingerprint density at radius 2 is 1.93 bits per heavy atom. The molecule has 0 N–H and O–H groups in total. The fraction of sp³-hybridized carbons (Fsp3) is 0.714. The molecule has 15 heavy (non-hydrogen) atoms. The highest BCUT2D eigenvalue weighted by molar-refractivity contribution is 5.30. The monoisotopic (exact) mass is 203 g/mol. The van der Waals surface area contributed by atoms with Crippen LogP contribution in [0.25, 0.3) is 0 Å². The van der Waals surface area contributed by atoms with Crippen LogP contribution in [0.15, 0.2) is 23.4 Å². The topological polar surface area (TPSA) is 3.24 Å². The predicted molar refractivity (Wildman–Crippen MR) is 63.5 cm³/mol. The van der Waals surface area contributed by atoms with Crippen LogP contribution in [0.3, 0.4) is 0 Å². The van der Waals surface area contributed by atoms with Crippen molar-refractivity contribution in [3.63, 3.8) is 0 Å². The minimum atomic E-state index is 0.908. The van der Waals surface area contributed by atoms with Crippen LogP contribution in [0.5, 0.6) is 0 Å². The molecule has 3 rings (SSSR count). The van der Waals surface area contributed by atoms with Gasteiger partial charge >= 0.3 is 0 Å². The third kappa shape index (κ3) is 1.84. The van der Waals surface area contributed by atoms with E-state index in [9.17, 15) is 0 Å². The average Bonchev–Trinajstić information content (AvgIpc) is 2.82. The van der Waals surface area contributed by atoms with Crippen LogP contribution < -0.4 is 0 Å². The lowest BCUT2D eigenvalue weighted by atomic mass is 9.80. The summed E-state index contributed by atoms with van der Waals surface area (Å²) < 4.78 is 0. The third-order valence-electron chi connectivity index (χ3n) is 4.20. The molecule has 0 spiro atoms. The standard InChI is InChI=1S/C14H21N/c1-2-6-13-11-14(8-7-12(13)5-1)15-9-3-4-10-15/h6,11-12H,1-5,7-10H2. The van der Waals surface area contributed by atoms with Gasteiger partial charge in [-0.15, -0.1) is 0 Å². The van der Waals surface area contributed by atoms with Crippen molar-refractivity contribution >= 4 is 0 Å². The Morgan fingerprint density at radius 1 is 1.07 bits per heavy atom. The Hall–Kier alpha value is -0.720. The Labute approximate surface area is 92.8 Å². The summed E-state index contributed by atoms with van der Waals surface area (Å²) >= 11 is 0. The Bertz CT molecular complexity index is 294. The largest absolute Gasteiger partial charge is 0.375 e. The molecule has 1 heterocycles. The Balaban J connectivity index is 1.79. The van der Waals surface area contributed by atoms with E-state index in [1.807, 2.05) is 0 Å². The molecule has 1 fully saturated rings. The summed E-state index contributed by atoms with van der Waals surface area (Å²) in [7, 11) is 0. The molecule has 3 aliphatic rings. The van der Waals surface area contributed by atoms with Gasteiger partial charge in [-0.2, -0.15) is 0 Å². The summed E-state index contributed by atoms with van der Waals surface area (Å²) in [4.78, 5) is 2.62. The van der Waals surface area contributed by atoms with Crippen LogP contribution in [0, 0.1) is 5.92 Å². The highest BCUT2D eigenvalue weighted by Crippen LogP contribution is 2.37. The molecule has 0 aromatic heterocycles. The van der Waals surface area contributed by atoms with E-state index in [1.165, 1.54) is 58.0 Å². The van der Waals surface area contributed by atoms with Crippen LogP contribution in [0.4, 0.5) is 0 Å². The highest BCUT2D eigenvalue weighted by Gasteiger charge is 2.24. The lowest BCUT2D eigenvalue weighted by Crippen LogP contribution is -2.23. The van der Waals surface area contributed by atoms with Crippen molar-refractivity contribution < 1.29 is 0 Å². The van der Waals surface area contributed by atoms with Crippen LogP contribution in [-0.2, 0) is 0 Å². The van der Waals surface area contributed by atoms with E-state index in [0.29, 0.717) is 0 Å². The lowest BCUT2D eigenvalue weighted by molar-refractivity contribution is 0.370. The average molecular weight is 203 g/mol. The first-order chi connectivity index (χ1) is 7.43. The fourth-order valence-corrected chi connectivity index (χ4v) is 3.29. The zero-order chi connectivity index (χ0) is 10.1. The molecule has 0 bridgehead atoms. The van der Waals surface area contributed by atoms with Crippen molar-refractivity contribution in [3.05, 3.63) is 23.4 Å². The fourth-order valence-electron chi connectivity index (χ4n) is 3.29. The van der Waals surface area contributed by atoms with Crippen molar-refractivity contribution in [2.45, 2.75) is 44.9 Å². The number of rotatable bonds is 1. The molecule has 82 valence electrons. The normalized spacial score (nSPS) is 30.9. The molecular formula is C14H21N. The van der Waals surface area contributed by atoms with Crippen LogP contribution in [0.2, 0.25) is 0 Å². The SMILES string of the molecule is C1=C2C=C(N3CCCC3)CCC2CCC1. The number of fused-ring (bicyclic) bond motifs is 1. The van der Waals surface area contributed by atoms with E-state index in [1.54, 1.807) is 11.3 Å². The molecule has 1 unspecified atom stereocenters. The summed E-state index contributed by atoms with van der Waals surface area (Å²) in [5.74, 6) is 0.908. The Kier molecular flexibility index (Phi) is 2.56. The van der Waals surface area contributed by atoms with Gasteiger partial charge < -0.3 is 4.90 Å². The van der Waals surface area contributed by atoms with Gasteiger partial charge in [-0.25, -0.2) is 0 Å². The van der Waals surface area contributed by atoms with Crippen LogP contribution >= 0.6 is 0 Å². The predicted octanol–water partition coefficient (Wildman–Crippen LogP) is 3.49. The van der Waals surface area contributed by atoms with E-state index in [2.05, 4.69) is 17.1 Å². The van der Waals surface area contributed by atoms with E-state index < -0.39 is 0 Å². The van der Waals surface area contributed by atoms with Crippen LogP contribution in [-0.4, -0.2) is 18.0 Å². The van der Waals surface area contributed by atoms with E-state index in [-0.39, 0.29) is 0 Å². The first-order valence-electron chi connectivity index (χ1n) is 6.59. The number of likely N-dealkylation sites (tertiary alicyclic amines) is 1. The maximum atomic E-state index is 2.62. The number of nitrogens with zero attached hydrogens (tertiary/aromatic N) is 1. The number of allylic oxidation sites excluding steroid dienone is 4. The van der Waals surface area contributed by atoms with Gasteiger partial charge in [0, 0.05) is 18.8 Å². The first-order valence-corrected chi connectivity index (χ1v) is 6.59. The van der Waals surface area contributed by atoms with Crippen molar-refractivity contribution in [2.24, 2.45) is 5.92 Å². The second-order valence-electron chi connectivity index (χ2n) is 5.20. The van der Waals surface area contributed by atoms with Gasteiger partial charge in [0.05, 0.1) is 0 Å². The van der Waals surface area contributed by atoms with Crippen molar-refractivity contribution in [1.29, 1.82) is 0 Å². The maximum absolute atomic E-state index is 2.62. The molecule has 1 heteroatoms. The summed E-state index contributed by atoms with van der Waals surface area (Å²) in [6.45, 7) is 2.62. The van der Waals surface area contributed by atoms with E-state index >= 15 is 0 Å². The van der Waals surface area contributed by atoms with Gasteiger partial charge in [0.2, 0.25) is 0 Å². The highest BCUT2D eigenvalue weighted by atomic mass is 15.1. The van der Waals surface area contributed by atoms with E-state index in [4.69, 9.17) is 0 Å². The molecule has 0 aromatic rings. The summed E-state index contributed by atoms with van der Waals surface area (Å²) in [5.41, 5.74) is 3.30. The van der Waals surface area contributed by atoms with Gasteiger partial charge in [0.25, 0.3) is 0 Å². The van der Waals surface area contributed by atoms with Crippen molar-refractivity contribution in [2.75, 3.05) is 13.1 Å². The van der Waals surface area contributed by atoms with Gasteiger partial charge in [-0.05, 0) is 62.5 Å². The Morgan fingerprint density at radius 3 is 2.80 bits per heavy atom. The molecule has 1 nitrogen and oxygen atoms in total. The van der Waals surface area contributed by atoms with Crippen molar-refractivity contribution in [1.82, 2.24) is 4.90 Å². The zero-order valence-corrected chi connectivity index (χ0v) is 9.54. The van der Waals surface area contributed by atoms with Crippen LogP contribution in [0.1, 0.15) is 44.9 Å². The lowest BCUT2D eigenvalue weighted by Gasteiger charge is -2.32. The molecule has 0 saturated carbocycles. The molecule has 1 atom stereocenters. The molecule has 1 aliphatic heterocycles. The number of hydrogen-bond acceptors (Lipinski definition) is 1. The molecule has 0 aromatic carbocycles. The molecule has 0 amide bonds. The first kappa shape index (κ1) is 9.50. The quantitative estimate of drug-likeness (QED) is 0.630. The summed E-state index contributed by atoms with van der Waals surface area (Å²) in [5, 5.41) is 0. The summed E-state index contributed by atoms with van der Waals surface area (Å²) in [6.07, 6.45) is 14.7. The van der Waals surface area contributed by atoms with Gasteiger partial charge in [0.1, 0.15) is 0 Å². The number of hydrogen-bond donors (Lipinski definition) is 0. The zero-order valence-electron chi connectivity index (χ0n) is 9.54. The van der Waals surface area contributed by atoms with Crippen molar-refractivity contribution in [3.8, 4) is 0 Å². The maximum Gasteiger partial charge on any atom is 0.0175 e. The third-order valence-corrected chi connectivity index (χ3v) is 4.20. The molecule has 1 saturated heterocycles. The smallest absolute Gasteiger partial charge is 0.0175 e. The van der Waals surface area contributed by atoms with Gasteiger partial charge in [-0.1, -0.05) is 6.08 Å². The second kappa shape index (κ2) is 4.03. The molecular weight excluding hydrogens is 182 g/mol. The van der Waals surface area contributed by atoms with E-state index in [0.717, 1.165) is 5.92 Å². The van der Waals surface area contributed by atoms with Gasteiger partial charge in [-0.3, -0.25) is 0 Å². The molecule has 2 aliphatic carbocycles. The second-order valence-corrected chi connectivity index (χ2v) is 5.20. The molecule has 0 radical (unpaired) electrons. The minimum absolute atomic E-state index is 0.908.